The van der Waals surface area contributed by atoms with Crippen LogP contribution in [0.4, 0.5) is 0 Å². The summed E-state index contributed by atoms with van der Waals surface area (Å²) >= 11 is 0. The maximum atomic E-state index is 9.29. The zero-order valence-corrected chi connectivity index (χ0v) is 42.4. The van der Waals surface area contributed by atoms with Crippen LogP contribution in [0.15, 0.2) is 237 Å². The quantitative estimate of drug-likeness (QED) is 0.0698. The number of allylic oxidation sites excluding steroid dienone is 14. The summed E-state index contributed by atoms with van der Waals surface area (Å²) in [5.74, 6) is 0.430. The van der Waals surface area contributed by atoms with E-state index in [1.807, 2.05) is 62.5 Å². The summed E-state index contributed by atoms with van der Waals surface area (Å²) in [6.45, 7) is 20.8. The van der Waals surface area contributed by atoms with Crippen LogP contribution in [0, 0.1) is 18.3 Å². The van der Waals surface area contributed by atoms with Gasteiger partial charge in [-0.2, -0.15) is 0 Å². The van der Waals surface area contributed by atoms with Gasteiger partial charge in [-0.15, -0.1) is 0 Å². The predicted molar refractivity (Wildman–Crippen MR) is 318 cm³/mol. The monoisotopic (exact) mass is 946 g/mol. The lowest BCUT2D eigenvalue weighted by Crippen LogP contribution is -2.08. The molecule has 0 radical (unpaired) electrons. The van der Waals surface area contributed by atoms with Crippen molar-refractivity contribution in [1.29, 1.82) is 5.41 Å². The molecule has 4 heteroatoms. The van der Waals surface area contributed by atoms with Crippen molar-refractivity contribution in [2.45, 2.75) is 40.5 Å². The van der Waals surface area contributed by atoms with Crippen molar-refractivity contribution in [3.05, 3.63) is 276 Å². The number of aromatic nitrogens is 2. The minimum atomic E-state index is -0.152. The second-order valence-electron chi connectivity index (χ2n) is 18.3. The van der Waals surface area contributed by atoms with Crippen LogP contribution < -0.4 is 0 Å². The summed E-state index contributed by atoms with van der Waals surface area (Å²) < 4.78 is 4.64. The van der Waals surface area contributed by atoms with Crippen molar-refractivity contribution in [2.75, 3.05) is 0 Å². The van der Waals surface area contributed by atoms with Gasteiger partial charge in [0.25, 0.3) is 0 Å². The summed E-state index contributed by atoms with van der Waals surface area (Å²) in [7, 11) is 0. The Labute approximate surface area is 431 Å². The normalized spacial score (nSPS) is 13.9. The number of hydrogen-bond acceptors (Lipinski definition) is 2. The van der Waals surface area contributed by atoms with Crippen molar-refractivity contribution in [3.8, 4) is 16.8 Å². The fourth-order valence-corrected chi connectivity index (χ4v) is 10.1. The maximum absolute atomic E-state index is 9.29. The van der Waals surface area contributed by atoms with Gasteiger partial charge < -0.3 is 9.98 Å². The molecule has 0 saturated carbocycles. The van der Waals surface area contributed by atoms with Crippen molar-refractivity contribution >= 4 is 74.5 Å². The fourth-order valence-electron chi connectivity index (χ4n) is 10.1. The average molecular weight is 947 g/mol. The molecule has 1 atom stereocenters. The SMILES string of the molecule is C=CC=CC/C(=C\C)c1cc(-c2ccccc2)cc2c(/C=C(\C=C)c3ccc4c(c3)c3c(n4-c4ccccc4)C(c4ccccc4)=CCC(c4ccccc4)=C3)c(C)n(/C(=C/C(=N)C(C)/C=C\C=C/C)N=C)c12. The molecular weight excluding hydrogens is 885 g/mol. The largest absolute Gasteiger partial charge is 0.309 e. The molecule has 0 amide bonds. The maximum Gasteiger partial charge on any atom is 0.138 e. The number of nitrogens with one attached hydrogen (secondary N) is 1. The highest BCUT2D eigenvalue weighted by molar-refractivity contribution is 6.09. The van der Waals surface area contributed by atoms with Crippen LogP contribution in [0.2, 0.25) is 0 Å². The van der Waals surface area contributed by atoms with Gasteiger partial charge in [0.1, 0.15) is 5.82 Å². The summed E-state index contributed by atoms with van der Waals surface area (Å²) in [6.07, 6.45) is 28.6. The van der Waals surface area contributed by atoms with E-state index in [1.165, 1.54) is 27.8 Å². The van der Waals surface area contributed by atoms with E-state index < -0.39 is 0 Å². The standard InChI is InChI=1S/C69H62N4/c1-8-12-18-28-48(5)65(70)47-67(71-7)72-49(6)60(63-46-57(53-32-22-15-23-33-53)45-61(69(63)72)50(10-3)29-19-13-9-2)42-51(11-4)55-39-41-66-62(43-55)64-44-56(52-30-20-14-21-31-52)38-40-59(54-34-24-16-25-35-54)68(64)73(66)58-36-26-17-27-37-58/h8-28,30-37,39-48,70H,2,4,7,29,38H2,1,3,5-6H3/b12-8-,19-13?,28-18-,50-10+,51-42+,67-47+,70-65?. The highest BCUT2D eigenvalue weighted by atomic mass is 15.1. The van der Waals surface area contributed by atoms with E-state index in [4.69, 9.17) is 4.99 Å². The number of fused-ring (bicyclic) bond motifs is 4. The Morgan fingerprint density at radius 3 is 2.07 bits per heavy atom. The van der Waals surface area contributed by atoms with E-state index in [9.17, 15) is 5.41 Å². The molecule has 6 aromatic carbocycles. The number of aliphatic imine (C=N–C) groups is 1. The minimum absolute atomic E-state index is 0.152. The third kappa shape index (κ3) is 10.1. The summed E-state index contributed by atoms with van der Waals surface area (Å²) in [5.41, 5.74) is 19.3. The molecule has 2 heterocycles. The molecule has 73 heavy (non-hydrogen) atoms. The van der Waals surface area contributed by atoms with Crippen LogP contribution in [-0.4, -0.2) is 21.6 Å². The van der Waals surface area contributed by atoms with E-state index in [-0.39, 0.29) is 5.92 Å². The zero-order valence-electron chi connectivity index (χ0n) is 42.4. The molecular formula is C69H62N4. The summed E-state index contributed by atoms with van der Waals surface area (Å²) in [6, 6.07) is 54.3. The van der Waals surface area contributed by atoms with Crippen molar-refractivity contribution in [3.63, 3.8) is 0 Å². The molecule has 9 rings (SSSR count). The second kappa shape index (κ2) is 22.5. The molecule has 0 aliphatic heterocycles. The zero-order chi connectivity index (χ0) is 50.8. The number of rotatable bonds is 17. The van der Waals surface area contributed by atoms with Crippen LogP contribution in [0.1, 0.15) is 78.4 Å². The lowest BCUT2D eigenvalue weighted by Gasteiger charge is -2.16. The van der Waals surface area contributed by atoms with E-state index in [1.54, 1.807) is 0 Å². The molecule has 4 nitrogen and oxygen atoms in total. The Morgan fingerprint density at radius 1 is 0.753 bits per heavy atom. The van der Waals surface area contributed by atoms with Crippen LogP contribution in [0.5, 0.6) is 0 Å². The van der Waals surface area contributed by atoms with Gasteiger partial charge in [0.15, 0.2) is 0 Å². The minimum Gasteiger partial charge on any atom is -0.309 e. The molecule has 1 unspecified atom stereocenters. The lowest BCUT2D eigenvalue weighted by molar-refractivity contribution is 0.986. The Hall–Kier alpha value is -8.86. The van der Waals surface area contributed by atoms with Gasteiger partial charge in [-0.05, 0) is 133 Å². The van der Waals surface area contributed by atoms with E-state index in [2.05, 4.69) is 225 Å². The first-order chi connectivity index (χ1) is 35.8. The number of benzene rings is 6. The Bertz CT molecular complexity index is 3630. The van der Waals surface area contributed by atoms with E-state index in [0.29, 0.717) is 18.0 Å². The molecule has 1 aliphatic carbocycles. The van der Waals surface area contributed by atoms with Crippen LogP contribution in [-0.2, 0) is 0 Å². The van der Waals surface area contributed by atoms with Gasteiger partial charge in [0, 0.05) is 62.1 Å². The van der Waals surface area contributed by atoms with Crippen LogP contribution in [0.25, 0.3) is 78.9 Å². The van der Waals surface area contributed by atoms with E-state index in [0.717, 1.165) is 84.3 Å². The first-order valence-electron chi connectivity index (χ1n) is 25.1. The molecule has 1 aliphatic rings. The molecule has 0 fully saturated rings. The lowest BCUT2D eigenvalue weighted by atomic mass is 9.92. The van der Waals surface area contributed by atoms with Gasteiger partial charge in [0.05, 0.1) is 16.7 Å². The Kier molecular flexibility index (Phi) is 15.1. The highest BCUT2D eigenvalue weighted by Crippen LogP contribution is 2.45. The predicted octanol–water partition coefficient (Wildman–Crippen LogP) is 18.5. The molecule has 0 bridgehead atoms. The molecule has 0 saturated heterocycles. The summed E-state index contributed by atoms with van der Waals surface area (Å²) in [5, 5.41) is 11.5. The number of hydrogen-bond donors (Lipinski definition) is 1. The number of nitrogens with zero attached hydrogens (tertiary/aromatic N) is 3. The highest BCUT2D eigenvalue weighted by Gasteiger charge is 2.26. The average Bonchev–Trinajstić information content (AvgIpc) is 3.80. The smallest absolute Gasteiger partial charge is 0.138 e. The molecule has 8 aromatic rings. The summed E-state index contributed by atoms with van der Waals surface area (Å²) in [4.78, 5) is 4.70. The van der Waals surface area contributed by atoms with Gasteiger partial charge in [-0.25, -0.2) is 4.99 Å². The van der Waals surface area contributed by atoms with Gasteiger partial charge in [-0.1, -0.05) is 196 Å². The van der Waals surface area contributed by atoms with Crippen molar-refractivity contribution < 1.29 is 0 Å². The first kappa shape index (κ1) is 49.1. The number of para-hydroxylation sites is 1. The van der Waals surface area contributed by atoms with Crippen LogP contribution >= 0.6 is 0 Å². The van der Waals surface area contributed by atoms with Gasteiger partial charge in [-0.3, -0.25) is 4.57 Å². The molecule has 1 N–H and O–H groups in total. The van der Waals surface area contributed by atoms with Crippen molar-refractivity contribution in [2.24, 2.45) is 10.9 Å². The van der Waals surface area contributed by atoms with Crippen LogP contribution in [0.3, 0.4) is 0 Å². The fraction of sp³-hybridized carbons (Fsp3) is 0.101. The Balaban J connectivity index is 1.34. The van der Waals surface area contributed by atoms with Crippen molar-refractivity contribution in [1.82, 2.24) is 9.13 Å². The van der Waals surface area contributed by atoms with E-state index >= 15 is 0 Å². The molecule has 2 aromatic heterocycles. The third-order valence-electron chi connectivity index (χ3n) is 13.8. The molecule has 0 spiro atoms. The van der Waals surface area contributed by atoms with Gasteiger partial charge in [0.2, 0.25) is 0 Å². The topological polar surface area (TPSA) is 46.1 Å². The second-order valence-corrected chi connectivity index (χ2v) is 18.3. The third-order valence-corrected chi connectivity index (χ3v) is 13.8. The Morgan fingerprint density at radius 2 is 1.42 bits per heavy atom. The molecule has 358 valence electrons. The van der Waals surface area contributed by atoms with Gasteiger partial charge >= 0.3 is 0 Å². The first-order valence-corrected chi connectivity index (χ1v) is 25.1.